The molecule has 0 bridgehead atoms. The maximum absolute atomic E-state index is 12.1. The van der Waals surface area contributed by atoms with Crippen molar-refractivity contribution in [3.63, 3.8) is 0 Å². The summed E-state index contributed by atoms with van der Waals surface area (Å²) in [5.41, 5.74) is 6.77. The average Bonchev–Trinajstić information content (AvgIpc) is 3.42. The average molecular weight is 398 g/mol. The highest BCUT2D eigenvalue weighted by molar-refractivity contribution is 6.08. The van der Waals surface area contributed by atoms with Crippen LogP contribution in [-0.2, 0) is 17.8 Å². The van der Waals surface area contributed by atoms with Gasteiger partial charge in [-0.25, -0.2) is 9.78 Å². The van der Waals surface area contributed by atoms with Gasteiger partial charge in [0.1, 0.15) is 5.52 Å². The van der Waals surface area contributed by atoms with Gasteiger partial charge in [0.25, 0.3) is 0 Å². The van der Waals surface area contributed by atoms with E-state index >= 15 is 0 Å². The van der Waals surface area contributed by atoms with Crippen molar-refractivity contribution < 1.29 is 19.1 Å². The van der Waals surface area contributed by atoms with E-state index in [1.165, 1.54) is 7.11 Å². The molecule has 1 aromatic heterocycles. The van der Waals surface area contributed by atoms with Crippen LogP contribution in [0.15, 0.2) is 70.1 Å². The van der Waals surface area contributed by atoms with Crippen molar-refractivity contribution in [2.45, 2.75) is 13.0 Å². The standard InChI is InChI=1S/C24H18N2O4/c1-29-24(28)18-9-4-10-20-22(18)26-23(30-20)17-8-3-7-16-12-19(25-21(16)17)15-6-2-5-14(11-15)13-27/h2-11,27H,12-13H2,1H3. The number of aliphatic hydroxyl groups is 1. The normalized spacial score (nSPS) is 12.7. The van der Waals surface area contributed by atoms with Crippen molar-refractivity contribution in [3.8, 4) is 11.5 Å². The van der Waals surface area contributed by atoms with Crippen LogP contribution in [0.2, 0.25) is 0 Å². The summed E-state index contributed by atoms with van der Waals surface area (Å²) in [6, 6.07) is 18.8. The van der Waals surface area contributed by atoms with Crippen molar-refractivity contribution >= 4 is 28.5 Å². The first-order chi connectivity index (χ1) is 14.7. The van der Waals surface area contributed by atoms with Crippen molar-refractivity contribution in [2.75, 3.05) is 7.11 Å². The predicted molar refractivity (Wildman–Crippen MR) is 113 cm³/mol. The monoisotopic (exact) mass is 398 g/mol. The van der Waals surface area contributed by atoms with Crippen molar-refractivity contribution in [3.05, 3.63) is 82.9 Å². The number of ether oxygens (including phenoxy) is 1. The van der Waals surface area contributed by atoms with Gasteiger partial charge in [0.15, 0.2) is 5.58 Å². The smallest absolute Gasteiger partial charge is 0.340 e. The lowest BCUT2D eigenvalue weighted by molar-refractivity contribution is 0.0602. The second-order valence-electron chi connectivity index (χ2n) is 7.07. The van der Waals surface area contributed by atoms with Crippen LogP contribution in [0, 0.1) is 0 Å². The molecule has 0 spiro atoms. The number of nitrogens with zero attached hydrogens (tertiary/aromatic N) is 2. The zero-order chi connectivity index (χ0) is 20.7. The van der Waals surface area contributed by atoms with E-state index in [4.69, 9.17) is 14.1 Å². The van der Waals surface area contributed by atoms with Gasteiger partial charge < -0.3 is 14.3 Å². The molecule has 0 radical (unpaired) electrons. The number of hydrogen-bond donors (Lipinski definition) is 1. The zero-order valence-electron chi connectivity index (χ0n) is 16.3. The van der Waals surface area contributed by atoms with Gasteiger partial charge in [-0.15, -0.1) is 0 Å². The number of hydrogen-bond acceptors (Lipinski definition) is 6. The number of carbonyl (C=O) groups excluding carboxylic acids is 1. The summed E-state index contributed by atoms with van der Waals surface area (Å²) in [7, 11) is 1.34. The highest BCUT2D eigenvalue weighted by atomic mass is 16.5. The number of oxazole rings is 1. The number of rotatable bonds is 4. The van der Waals surface area contributed by atoms with E-state index in [1.807, 2.05) is 42.5 Å². The first kappa shape index (κ1) is 18.3. The Hall–Kier alpha value is -3.77. The van der Waals surface area contributed by atoms with Gasteiger partial charge in [0, 0.05) is 6.42 Å². The summed E-state index contributed by atoms with van der Waals surface area (Å²) in [6.45, 7) is -0.00918. The lowest BCUT2D eigenvalue weighted by Crippen LogP contribution is -2.01. The fourth-order valence-electron chi connectivity index (χ4n) is 3.75. The van der Waals surface area contributed by atoms with Crippen LogP contribution >= 0.6 is 0 Å². The minimum atomic E-state index is -0.456. The Kier molecular flexibility index (Phi) is 4.41. The molecular formula is C24H18N2O4. The van der Waals surface area contributed by atoms with Crippen LogP contribution in [0.1, 0.15) is 27.0 Å². The number of aliphatic hydroxyl groups excluding tert-OH is 1. The molecule has 5 rings (SSSR count). The molecular weight excluding hydrogens is 380 g/mol. The third-order valence-corrected chi connectivity index (χ3v) is 5.22. The molecule has 3 aromatic carbocycles. The number of methoxy groups -OCH3 is 1. The Morgan fingerprint density at radius 3 is 2.80 bits per heavy atom. The van der Waals surface area contributed by atoms with Gasteiger partial charge in [-0.3, -0.25) is 4.99 Å². The highest BCUT2D eigenvalue weighted by Gasteiger charge is 2.23. The zero-order valence-corrected chi connectivity index (χ0v) is 16.3. The van der Waals surface area contributed by atoms with Gasteiger partial charge in [-0.2, -0.15) is 0 Å². The van der Waals surface area contributed by atoms with Crippen molar-refractivity contribution in [2.24, 2.45) is 4.99 Å². The molecule has 1 aliphatic heterocycles. The fourth-order valence-corrected chi connectivity index (χ4v) is 3.75. The molecule has 6 heteroatoms. The molecule has 30 heavy (non-hydrogen) atoms. The van der Waals surface area contributed by atoms with Gasteiger partial charge in [-0.1, -0.05) is 36.4 Å². The number of esters is 1. The largest absolute Gasteiger partial charge is 0.465 e. The summed E-state index contributed by atoms with van der Waals surface area (Å²) < 4.78 is 10.8. The van der Waals surface area contributed by atoms with E-state index in [1.54, 1.807) is 18.2 Å². The molecule has 1 N–H and O–H groups in total. The molecule has 2 heterocycles. The van der Waals surface area contributed by atoms with Crippen molar-refractivity contribution in [1.82, 2.24) is 4.98 Å². The third kappa shape index (κ3) is 2.98. The van der Waals surface area contributed by atoms with E-state index in [0.29, 0.717) is 29.0 Å². The van der Waals surface area contributed by atoms with E-state index in [-0.39, 0.29) is 6.61 Å². The lowest BCUT2D eigenvalue weighted by Gasteiger charge is -2.02. The number of aromatic nitrogens is 1. The third-order valence-electron chi connectivity index (χ3n) is 5.22. The van der Waals surface area contributed by atoms with Gasteiger partial charge >= 0.3 is 5.97 Å². The van der Waals surface area contributed by atoms with Gasteiger partial charge in [0.05, 0.1) is 36.2 Å². The van der Waals surface area contributed by atoms with E-state index in [9.17, 15) is 9.90 Å². The van der Waals surface area contributed by atoms with Crippen LogP contribution in [0.5, 0.6) is 0 Å². The van der Waals surface area contributed by atoms with E-state index in [0.717, 1.165) is 33.7 Å². The number of benzene rings is 3. The van der Waals surface area contributed by atoms with Gasteiger partial charge in [-0.05, 0) is 41.0 Å². The summed E-state index contributed by atoms with van der Waals surface area (Å²) in [6.07, 6.45) is 0.686. The Morgan fingerprint density at radius 1 is 1.13 bits per heavy atom. The fraction of sp³-hybridized carbons (Fsp3) is 0.125. The maximum atomic E-state index is 12.1. The number of aliphatic imine (C=N–C) groups is 1. The SMILES string of the molecule is COC(=O)c1cccc2oc(-c3cccc4c3N=C(c3cccc(CO)c3)C4)nc12. The Morgan fingerprint density at radius 2 is 1.97 bits per heavy atom. The molecule has 0 saturated heterocycles. The van der Waals surface area contributed by atoms with Crippen LogP contribution in [0.3, 0.4) is 0 Å². The first-order valence-electron chi connectivity index (χ1n) is 9.56. The quantitative estimate of drug-likeness (QED) is 0.514. The van der Waals surface area contributed by atoms with E-state index in [2.05, 4.69) is 4.98 Å². The second-order valence-corrected chi connectivity index (χ2v) is 7.07. The topological polar surface area (TPSA) is 84.9 Å². The van der Waals surface area contributed by atoms with Crippen LogP contribution in [-0.4, -0.2) is 28.9 Å². The van der Waals surface area contributed by atoms with Crippen LogP contribution in [0.25, 0.3) is 22.6 Å². The first-order valence-corrected chi connectivity index (χ1v) is 9.56. The second kappa shape index (κ2) is 7.24. The Bertz CT molecular complexity index is 1320. The number of carbonyl (C=O) groups is 1. The summed E-state index contributed by atoms with van der Waals surface area (Å²) >= 11 is 0. The molecule has 0 fully saturated rings. The minimum absolute atomic E-state index is 0.00918. The van der Waals surface area contributed by atoms with E-state index < -0.39 is 5.97 Å². The molecule has 0 unspecified atom stereocenters. The van der Waals surface area contributed by atoms with Crippen LogP contribution in [0.4, 0.5) is 5.69 Å². The number of para-hydroxylation sites is 2. The molecule has 0 aliphatic carbocycles. The van der Waals surface area contributed by atoms with Crippen LogP contribution < -0.4 is 0 Å². The summed E-state index contributed by atoms with van der Waals surface area (Å²) in [5, 5.41) is 9.43. The molecule has 1 aliphatic rings. The maximum Gasteiger partial charge on any atom is 0.340 e. The minimum Gasteiger partial charge on any atom is -0.465 e. The lowest BCUT2D eigenvalue weighted by atomic mass is 10.0. The molecule has 4 aromatic rings. The molecule has 148 valence electrons. The molecule has 0 amide bonds. The predicted octanol–water partition coefficient (Wildman–Crippen LogP) is 4.45. The van der Waals surface area contributed by atoms with Crippen molar-refractivity contribution in [1.29, 1.82) is 0 Å². The molecule has 0 atom stereocenters. The summed E-state index contributed by atoms with van der Waals surface area (Å²) in [5.74, 6) is -0.0462. The Balaban J connectivity index is 1.61. The Labute approximate surface area is 172 Å². The number of fused-ring (bicyclic) bond motifs is 2. The molecule has 0 saturated carbocycles. The van der Waals surface area contributed by atoms with Gasteiger partial charge in [0.2, 0.25) is 5.89 Å². The highest BCUT2D eigenvalue weighted by Crippen LogP contribution is 2.39. The summed E-state index contributed by atoms with van der Waals surface area (Å²) in [4.78, 5) is 21.5. The molecule has 6 nitrogen and oxygen atoms in total.